The van der Waals surface area contributed by atoms with Crippen molar-refractivity contribution in [3.05, 3.63) is 0 Å². The number of hydrogen-bond acceptors (Lipinski definition) is 4. The first-order chi connectivity index (χ1) is 7.24. The first kappa shape index (κ1) is 10.3. The van der Waals surface area contributed by atoms with Crippen LogP contribution in [0.3, 0.4) is 0 Å². The maximum absolute atomic E-state index is 5.47. The summed E-state index contributed by atoms with van der Waals surface area (Å²) in [5.41, 5.74) is 5.47. The molecule has 0 saturated heterocycles. The van der Waals surface area contributed by atoms with Crippen molar-refractivity contribution >= 4 is 11.9 Å². The summed E-state index contributed by atoms with van der Waals surface area (Å²) in [6.07, 6.45) is 6.33. The van der Waals surface area contributed by atoms with E-state index in [4.69, 9.17) is 5.73 Å². The molecule has 0 aromatic carbocycles. The molecule has 1 aromatic heterocycles. The number of nitrogens with two attached hydrogens (primary N) is 1. The molecular formula is C10H19N5. The first-order valence-corrected chi connectivity index (χ1v) is 5.68. The fraction of sp³-hybridized carbons (Fsp3) is 0.800. The second-order valence-electron chi connectivity index (χ2n) is 4.50. The van der Waals surface area contributed by atoms with E-state index in [0.717, 1.165) is 5.92 Å². The minimum atomic E-state index is 0.375. The van der Waals surface area contributed by atoms with Crippen molar-refractivity contribution in [3.8, 4) is 0 Å². The molecular weight excluding hydrogens is 190 g/mol. The Morgan fingerprint density at radius 2 is 2.20 bits per heavy atom. The highest BCUT2D eigenvalue weighted by atomic mass is 15.3. The summed E-state index contributed by atoms with van der Waals surface area (Å²) in [5.74, 6) is 1.86. The van der Waals surface area contributed by atoms with Crippen molar-refractivity contribution < 1.29 is 0 Å². The third-order valence-corrected chi connectivity index (χ3v) is 3.09. The molecule has 0 bridgehead atoms. The van der Waals surface area contributed by atoms with Crippen molar-refractivity contribution in [1.29, 1.82) is 0 Å². The molecule has 1 aliphatic carbocycles. The first-order valence-electron chi connectivity index (χ1n) is 5.68. The van der Waals surface area contributed by atoms with Gasteiger partial charge in [0.25, 0.3) is 0 Å². The summed E-state index contributed by atoms with van der Waals surface area (Å²) >= 11 is 0. The zero-order chi connectivity index (χ0) is 10.7. The molecule has 1 aliphatic rings. The quantitative estimate of drug-likeness (QED) is 0.648. The van der Waals surface area contributed by atoms with Gasteiger partial charge in [0, 0.05) is 6.04 Å². The summed E-state index contributed by atoms with van der Waals surface area (Å²) < 4.78 is 0. The number of aromatic nitrogens is 3. The maximum atomic E-state index is 5.47. The molecule has 0 amide bonds. The van der Waals surface area contributed by atoms with E-state index >= 15 is 0 Å². The molecule has 0 aliphatic heterocycles. The highest BCUT2D eigenvalue weighted by molar-refractivity contribution is 5.30. The van der Waals surface area contributed by atoms with Gasteiger partial charge in [0.1, 0.15) is 0 Å². The second-order valence-corrected chi connectivity index (χ2v) is 4.50. The van der Waals surface area contributed by atoms with Crippen LogP contribution in [0.2, 0.25) is 0 Å². The molecule has 1 aromatic rings. The predicted molar refractivity (Wildman–Crippen MR) is 60.5 cm³/mol. The van der Waals surface area contributed by atoms with Crippen molar-refractivity contribution in [2.45, 2.75) is 45.1 Å². The molecule has 1 heterocycles. The van der Waals surface area contributed by atoms with Crippen LogP contribution in [-0.4, -0.2) is 21.2 Å². The van der Waals surface area contributed by atoms with E-state index < -0.39 is 0 Å². The highest BCUT2D eigenvalue weighted by Crippen LogP contribution is 2.24. The fourth-order valence-corrected chi connectivity index (χ4v) is 2.15. The number of nitrogens with one attached hydrogen (secondary N) is 2. The van der Waals surface area contributed by atoms with Gasteiger partial charge in [-0.15, -0.1) is 5.10 Å². The van der Waals surface area contributed by atoms with Crippen molar-refractivity contribution in [3.63, 3.8) is 0 Å². The second kappa shape index (κ2) is 4.51. The van der Waals surface area contributed by atoms with Crippen LogP contribution in [0.1, 0.15) is 39.0 Å². The largest absolute Gasteiger partial charge is 0.368 e. The lowest BCUT2D eigenvalue weighted by Gasteiger charge is -2.14. The molecule has 5 nitrogen and oxygen atoms in total. The van der Waals surface area contributed by atoms with E-state index in [2.05, 4.69) is 27.4 Å². The lowest BCUT2D eigenvalue weighted by molar-refractivity contribution is 0.501. The lowest BCUT2D eigenvalue weighted by Crippen LogP contribution is -2.19. The molecule has 2 rings (SSSR count). The smallest absolute Gasteiger partial charge is 0.243 e. The van der Waals surface area contributed by atoms with E-state index in [1.165, 1.54) is 32.1 Å². The van der Waals surface area contributed by atoms with Gasteiger partial charge >= 0.3 is 0 Å². The van der Waals surface area contributed by atoms with E-state index in [-0.39, 0.29) is 0 Å². The normalized spacial score (nSPS) is 27.3. The van der Waals surface area contributed by atoms with Crippen molar-refractivity contribution in [1.82, 2.24) is 15.2 Å². The van der Waals surface area contributed by atoms with Crippen LogP contribution in [0.25, 0.3) is 0 Å². The molecule has 0 spiro atoms. The van der Waals surface area contributed by atoms with Gasteiger partial charge in [-0.3, -0.25) is 0 Å². The molecule has 1 fully saturated rings. The van der Waals surface area contributed by atoms with Gasteiger partial charge in [-0.1, -0.05) is 19.8 Å². The monoisotopic (exact) mass is 209 g/mol. The average molecular weight is 209 g/mol. The van der Waals surface area contributed by atoms with Gasteiger partial charge in [-0.2, -0.15) is 4.98 Å². The third kappa shape index (κ3) is 2.84. The Hall–Kier alpha value is -1.26. The Labute approximate surface area is 89.9 Å². The summed E-state index contributed by atoms with van der Waals surface area (Å²) in [4.78, 5) is 4.05. The number of aromatic amines is 1. The van der Waals surface area contributed by atoms with Gasteiger partial charge in [0.15, 0.2) is 0 Å². The zero-order valence-corrected chi connectivity index (χ0v) is 9.16. The molecule has 4 N–H and O–H groups in total. The minimum Gasteiger partial charge on any atom is -0.368 e. The van der Waals surface area contributed by atoms with Crippen LogP contribution in [0, 0.1) is 5.92 Å². The maximum Gasteiger partial charge on any atom is 0.243 e. The molecule has 0 radical (unpaired) electrons. The number of nitrogen functional groups attached to an aromatic ring is 1. The Morgan fingerprint density at radius 1 is 1.33 bits per heavy atom. The summed E-state index contributed by atoms with van der Waals surface area (Å²) in [5, 5.41) is 9.95. The number of H-pyrrole nitrogens is 1. The number of hydrogen-bond donors (Lipinski definition) is 3. The van der Waals surface area contributed by atoms with Gasteiger partial charge in [0.2, 0.25) is 11.9 Å². The van der Waals surface area contributed by atoms with Crippen LogP contribution in [0.15, 0.2) is 0 Å². The molecule has 2 unspecified atom stereocenters. The van der Waals surface area contributed by atoms with Gasteiger partial charge in [-0.05, 0) is 25.2 Å². The van der Waals surface area contributed by atoms with E-state index in [1.54, 1.807) is 0 Å². The molecule has 15 heavy (non-hydrogen) atoms. The van der Waals surface area contributed by atoms with Crippen LogP contribution in [-0.2, 0) is 0 Å². The highest BCUT2D eigenvalue weighted by Gasteiger charge is 2.16. The van der Waals surface area contributed by atoms with E-state index in [9.17, 15) is 0 Å². The summed E-state index contributed by atoms with van der Waals surface area (Å²) in [6.45, 7) is 2.33. The van der Waals surface area contributed by atoms with Crippen LogP contribution < -0.4 is 11.1 Å². The van der Waals surface area contributed by atoms with Gasteiger partial charge in [0.05, 0.1) is 0 Å². The topological polar surface area (TPSA) is 79.6 Å². The summed E-state index contributed by atoms with van der Waals surface area (Å²) in [6, 6.07) is 0.505. The Bertz CT molecular complexity index is 309. The Balaban J connectivity index is 1.88. The molecule has 1 saturated carbocycles. The SMILES string of the molecule is CC1CCCC(Nc2n[nH]c(N)n2)CC1. The lowest BCUT2D eigenvalue weighted by atomic mass is 10.0. The van der Waals surface area contributed by atoms with Crippen LogP contribution in [0.5, 0.6) is 0 Å². The summed E-state index contributed by atoms with van der Waals surface area (Å²) in [7, 11) is 0. The number of nitrogens with zero attached hydrogens (tertiary/aromatic N) is 2. The van der Waals surface area contributed by atoms with E-state index in [0.29, 0.717) is 17.9 Å². The van der Waals surface area contributed by atoms with Crippen LogP contribution >= 0.6 is 0 Å². The average Bonchev–Trinajstić information content (AvgIpc) is 2.48. The third-order valence-electron chi connectivity index (χ3n) is 3.09. The fourth-order valence-electron chi connectivity index (χ4n) is 2.15. The minimum absolute atomic E-state index is 0.375. The standard InChI is InChI=1S/C10H19N5/c1-7-3-2-4-8(6-5-7)12-10-13-9(11)14-15-10/h7-8H,2-6H2,1H3,(H4,11,12,13,14,15). The van der Waals surface area contributed by atoms with Gasteiger partial charge in [-0.25, -0.2) is 5.10 Å². The zero-order valence-electron chi connectivity index (χ0n) is 9.16. The molecule has 2 atom stereocenters. The van der Waals surface area contributed by atoms with Gasteiger partial charge < -0.3 is 11.1 Å². The van der Waals surface area contributed by atoms with Crippen molar-refractivity contribution in [2.24, 2.45) is 5.92 Å². The molecule has 84 valence electrons. The predicted octanol–water partition coefficient (Wildman–Crippen LogP) is 1.77. The number of rotatable bonds is 2. The van der Waals surface area contributed by atoms with Crippen molar-refractivity contribution in [2.75, 3.05) is 11.1 Å². The van der Waals surface area contributed by atoms with Crippen LogP contribution in [0.4, 0.5) is 11.9 Å². The number of anilines is 2. The molecule has 5 heteroatoms. The Morgan fingerprint density at radius 3 is 2.93 bits per heavy atom. The van der Waals surface area contributed by atoms with E-state index in [1.807, 2.05) is 0 Å². The Kier molecular flexibility index (Phi) is 3.08.